The highest BCUT2D eigenvalue weighted by atomic mass is 16.8. The van der Waals surface area contributed by atoms with Gasteiger partial charge in [0.05, 0.1) is 6.10 Å². The minimum absolute atomic E-state index is 0.369. The van der Waals surface area contributed by atoms with Crippen LogP contribution in [-0.2, 0) is 9.47 Å². The summed E-state index contributed by atoms with van der Waals surface area (Å²) in [6.07, 6.45) is -3.22. The topological polar surface area (TPSA) is 72.8 Å². The summed E-state index contributed by atoms with van der Waals surface area (Å²) in [6.45, 7) is 3.17. The van der Waals surface area contributed by atoms with Gasteiger partial charge in [0.1, 0.15) is 0 Å². The van der Waals surface area contributed by atoms with E-state index in [2.05, 4.69) is 9.47 Å². The van der Waals surface area contributed by atoms with Gasteiger partial charge in [0.25, 0.3) is 0 Å². The van der Waals surface area contributed by atoms with Gasteiger partial charge in [-0.1, -0.05) is 0 Å². The molecular weight excluding hydrogens is 140 g/mol. The Morgan fingerprint density at radius 2 is 1.90 bits per heavy atom. The van der Waals surface area contributed by atoms with Crippen LogP contribution in [0, 0.1) is 0 Å². The van der Waals surface area contributed by atoms with Gasteiger partial charge in [-0.15, -0.1) is 0 Å². The zero-order valence-corrected chi connectivity index (χ0v) is 5.66. The van der Waals surface area contributed by atoms with E-state index in [1.54, 1.807) is 13.8 Å². The maximum atomic E-state index is 10.2. The van der Waals surface area contributed by atoms with Crippen molar-refractivity contribution in [1.82, 2.24) is 0 Å². The van der Waals surface area contributed by atoms with E-state index in [0.29, 0.717) is 0 Å². The van der Waals surface area contributed by atoms with Crippen molar-refractivity contribution in [2.75, 3.05) is 0 Å². The molecule has 0 amide bonds. The van der Waals surface area contributed by atoms with Crippen LogP contribution in [0.15, 0.2) is 0 Å². The van der Waals surface area contributed by atoms with E-state index in [0.717, 1.165) is 0 Å². The molecule has 0 aliphatic rings. The van der Waals surface area contributed by atoms with Crippen LogP contribution >= 0.6 is 0 Å². The Kier molecular flexibility index (Phi) is 3.24. The summed E-state index contributed by atoms with van der Waals surface area (Å²) in [6, 6.07) is 0. The molecule has 58 valence electrons. The second-order valence-electron chi connectivity index (χ2n) is 1.78. The number of hydrogen-bond donors (Lipinski definition) is 1. The Bertz CT molecular complexity index is 139. The summed E-state index contributed by atoms with van der Waals surface area (Å²) < 4.78 is 7.94. The number of carboxylic acid groups (broad SMARTS) is 1. The molecule has 0 rings (SSSR count). The predicted octanol–water partition coefficient (Wildman–Crippen LogP) is 1.23. The summed E-state index contributed by atoms with van der Waals surface area (Å²) in [7, 11) is 0. The van der Waals surface area contributed by atoms with E-state index >= 15 is 0 Å². The van der Waals surface area contributed by atoms with Crippen molar-refractivity contribution in [1.29, 1.82) is 0 Å². The molecule has 0 spiro atoms. The van der Waals surface area contributed by atoms with Crippen LogP contribution in [0.25, 0.3) is 0 Å². The van der Waals surface area contributed by atoms with E-state index in [-0.39, 0.29) is 6.10 Å². The SMILES string of the molecule is CC(C)OC(=O)OC(=O)O. The molecule has 0 aromatic heterocycles. The highest BCUT2D eigenvalue weighted by Gasteiger charge is 2.10. The average Bonchev–Trinajstić information content (AvgIpc) is 1.58. The van der Waals surface area contributed by atoms with Crippen molar-refractivity contribution >= 4 is 12.3 Å². The fourth-order valence-electron chi connectivity index (χ4n) is 0.288. The van der Waals surface area contributed by atoms with Crippen LogP contribution < -0.4 is 0 Å². The van der Waals surface area contributed by atoms with Gasteiger partial charge in [0.15, 0.2) is 0 Å². The van der Waals surface area contributed by atoms with Gasteiger partial charge >= 0.3 is 12.3 Å². The zero-order chi connectivity index (χ0) is 8.15. The normalized spacial score (nSPS) is 9.10. The molecule has 0 aromatic carbocycles. The quantitative estimate of drug-likeness (QED) is 0.447. The minimum atomic E-state index is -1.66. The second-order valence-corrected chi connectivity index (χ2v) is 1.78. The van der Waals surface area contributed by atoms with E-state index in [9.17, 15) is 9.59 Å². The minimum Gasteiger partial charge on any atom is -0.449 e. The smallest absolute Gasteiger partial charge is 0.449 e. The van der Waals surface area contributed by atoms with Gasteiger partial charge in [0, 0.05) is 0 Å². The summed E-state index contributed by atoms with van der Waals surface area (Å²) in [4.78, 5) is 19.9. The Morgan fingerprint density at radius 1 is 1.40 bits per heavy atom. The van der Waals surface area contributed by atoms with E-state index in [1.807, 2.05) is 0 Å². The first kappa shape index (κ1) is 8.74. The number of carbonyl (C=O) groups is 2. The standard InChI is InChI=1S/C5H8O5/c1-3(2)9-5(8)10-4(6)7/h3H,1-2H3,(H,6,7). The molecule has 0 aliphatic carbocycles. The van der Waals surface area contributed by atoms with Crippen LogP contribution in [0.4, 0.5) is 9.59 Å². The molecule has 0 radical (unpaired) electrons. The van der Waals surface area contributed by atoms with Gasteiger partial charge in [0.2, 0.25) is 0 Å². The van der Waals surface area contributed by atoms with Crippen LogP contribution in [0.1, 0.15) is 13.8 Å². The number of rotatable bonds is 1. The highest BCUT2D eigenvalue weighted by Crippen LogP contribution is 1.92. The van der Waals surface area contributed by atoms with Crippen molar-refractivity contribution in [2.24, 2.45) is 0 Å². The lowest BCUT2D eigenvalue weighted by Gasteiger charge is -2.03. The molecule has 10 heavy (non-hydrogen) atoms. The van der Waals surface area contributed by atoms with Gasteiger partial charge < -0.3 is 14.6 Å². The van der Waals surface area contributed by atoms with Crippen molar-refractivity contribution in [2.45, 2.75) is 20.0 Å². The van der Waals surface area contributed by atoms with Crippen LogP contribution in [0.3, 0.4) is 0 Å². The Labute approximate surface area is 57.5 Å². The second kappa shape index (κ2) is 3.71. The van der Waals surface area contributed by atoms with Crippen LogP contribution in [0.2, 0.25) is 0 Å². The highest BCUT2D eigenvalue weighted by molar-refractivity contribution is 5.75. The molecule has 5 nitrogen and oxygen atoms in total. The molecule has 0 saturated carbocycles. The van der Waals surface area contributed by atoms with Gasteiger partial charge in [-0.25, -0.2) is 9.59 Å². The van der Waals surface area contributed by atoms with Crippen molar-refractivity contribution < 1.29 is 24.2 Å². The molecule has 0 unspecified atom stereocenters. The molecule has 1 N–H and O–H groups in total. The molecule has 0 fully saturated rings. The van der Waals surface area contributed by atoms with Gasteiger partial charge in [-0.2, -0.15) is 0 Å². The van der Waals surface area contributed by atoms with Crippen molar-refractivity contribution in [3.63, 3.8) is 0 Å². The van der Waals surface area contributed by atoms with E-state index < -0.39 is 12.3 Å². The van der Waals surface area contributed by atoms with Crippen LogP contribution in [0.5, 0.6) is 0 Å². The molecular formula is C5H8O5. The van der Waals surface area contributed by atoms with E-state index in [1.165, 1.54) is 0 Å². The third kappa shape index (κ3) is 4.89. The Morgan fingerprint density at radius 3 is 2.20 bits per heavy atom. The van der Waals surface area contributed by atoms with Gasteiger partial charge in [-0.05, 0) is 13.8 Å². The number of carbonyl (C=O) groups excluding carboxylic acids is 1. The Hall–Kier alpha value is -1.26. The van der Waals surface area contributed by atoms with Crippen molar-refractivity contribution in [3.05, 3.63) is 0 Å². The lowest BCUT2D eigenvalue weighted by atomic mass is 10.5. The zero-order valence-electron chi connectivity index (χ0n) is 5.66. The molecule has 0 saturated heterocycles. The first-order valence-electron chi connectivity index (χ1n) is 2.63. The first-order chi connectivity index (χ1) is 4.52. The molecule has 5 heteroatoms. The molecule has 0 bridgehead atoms. The molecule has 0 aromatic rings. The molecule has 0 heterocycles. The lowest BCUT2D eigenvalue weighted by molar-refractivity contribution is 0.0380. The number of hydrogen-bond acceptors (Lipinski definition) is 4. The molecule has 0 atom stereocenters. The maximum Gasteiger partial charge on any atom is 0.518 e. The third-order valence-electron chi connectivity index (χ3n) is 0.503. The average molecular weight is 148 g/mol. The largest absolute Gasteiger partial charge is 0.518 e. The van der Waals surface area contributed by atoms with E-state index in [4.69, 9.17) is 5.11 Å². The molecule has 0 aliphatic heterocycles. The monoisotopic (exact) mass is 148 g/mol. The summed E-state index contributed by atoms with van der Waals surface area (Å²) in [5.41, 5.74) is 0. The fraction of sp³-hybridized carbons (Fsp3) is 0.600. The first-order valence-corrected chi connectivity index (χ1v) is 2.63. The third-order valence-corrected chi connectivity index (χ3v) is 0.503. The van der Waals surface area contributed by atoms with Crippen LogP contribution in [-0.4, -0.2) is 23.5 Å². The number of ether oxygens (including phenoxy) is 2. The van der Waals surface area contributed by atoms with Crippen molar-refractivity contribution in [3.8, 4) is 0 Å². The summed E-state index contributed by atoms with van der Waals surface area (Å²) in [5, 5.41) is 7.87. The Balaban J connectivity index is 3.54. The summed E-state index contributed by atoms with van der Waals surface area (Å²) >= 11 is 0. The fourth-order valence-corrected chi connectivity index (χ4v) is 0.288. The predicted molar refractivity (Wildman–Crippen MR) is 30.7 cm³/mol. The maximum absolute atomic E-state index is 10.2. The lowest BCUT2D eigenvalue weighted by Crippen LogP contribution is -2.15. The summed E-state index contributed by atoms with van der Waals surface area (Å²) in [5.74, 6) is 0. The van der Waals surface area contributed by atoms with Gasteiger partial charge in [-0.3, -0.25) is 0 Å².